The molecule has 2 N–H and O–H groups in total. The molecule has 0 aliphatic rings. The van der Waals surface area contributed by atoms with Crippen LogP contribution in [0.25, 0.3) is 0 Å². The maximum atomic E-state index is 5.55. The van der Waals surface area contributed by atoms with Crippen LogP contribution in [0.5, 0.6) is 0 Å². The summed E-state index contributed by atoms with van der Waals surface area (Å²) in [5.41, 5.74) is 7.43. The third-order valence-electron chi connectivity index (χ3n) is 2.02. The van der Waals surface area contributed by atoms with E-state index in [2.05, 4.69) is 10.1 Å². The number of hydrogen-bond acceptors (Lipinski definition) is 4. The highest BCUT2D eigenvalue weighted by atomic mass is 16.5. The van der Waals surface area contributed by atoms with E-state index < -0.39 is 0 Å². The molecule has 0 fully saturated rings. The van der Waals surface area contributed by atoms with Crippen molar-refractivity contribution < 1.29 is 4.52 Å². The maximum absolute atomic E-state index is 5.55. The molecule has 0 saturated heterocycles. The molecule has 0 amide bonds. The number of hydrogen-bond donors (Lipinski definition) is 1. The van der Waals surface area contributed by atoms with Crippen molar-refractivity contribution in [2.24, 2.45) is 5.73 Å². The highest BCUT2D eigenvalue weighted by molar-refractivity contribution is 5.07. The summed E-state index contributed by atoms with van der Waals surface area (Å²) in [6.45, 7) is 3.01. The van der Waals surface area contributed by atoms with E-state index in [-0.39, 0.29) is 0 Å². The molecule has 0 saturated carbocycles. The summed E-state index contributed by atoms with van der Waals surface area (Å²) in [6, 6.07) is 1.90. The fraction of sp³-hybridized carbons (Fsp3) is 0.333. The minimum absolute atomic E-state index is 0.483. The summed E-state index contributed by atoms with van der Waals surface area (Å²) in [7, 11) is 0. The number of aromatic nitrogens is 3. The van der Waals surface area contributed by atoms with Crippen molar-refractivity contribution in [3.05, 3.63) is 35.7 Å². The Balaban J connectivity index is 2.18. The summed E-state index contributed by atoms with van der Waals surface area (Å²) in [5.74, 6) is 0.814. The molecule has 2 aromatic rings. The van der Waals surface area contributed by atoms with Gasteiger partial charge in [0.2, 0.25) is 0 Å². The zero-order chi connectivity index (χ0) is 9.97. The monoisotopic (exact) mass is 192 g/mol. The lowest BCUT2D eigenvalue weighted by molar-refractivity contribution is 0.388. The Morgan fingerprint density at radius 2 is 2.43 bits per heavy atom. The molecule has 5 nitrogen and oxygen atoms in total. The van der Waals surface area contributed by atoms with Gasteiger partial charge in [0.15, 0.2) is 0 Å². The molecule has 2 aromatic heterocycles. The van der Waals surface area contributed by atoms with Crippen molar-refractivity contribution in [3.8, 4) is 0 Å². The first kappa shape index (κ1) is 8.96. The molecular weight excluding hydrogens is 180 g/mol. The van der Waals surface area contributed by atoms with Crippen LogP contribution in [0.15, 0.2) is 23.1 Å². The average Bonchev–Trinajstić information content (AvgIpc) is 2.76. The molecule has 0 spiro atoms. The molecule has 2 rings (SSSR count). The van der Waals surface area contributed by atoms with Gasteiger partial charge in [0.1, 0.15) is 11.5 Å². The SMILES string of the molecule is Cc1cc(Cn2cncc2CN)no1. The van der Waals surface area contributed by atoms with Crippen LogP contribution in [0.2, 0.25) is 0 Å². The lowest BCUT2D eigenvalue weighted by Gasteiger charge is -2.02. The van der Waals surface area contributed by atoms with E-state index in [4.69, 9.17) is 10.3 Å². The van der Waals surface area contributed by atoms with Crippen LogP contribution < -0.4 is 5.73 Å². The van der Waals surface area contributed by atoms with Gasteiger partial charge in [-0.1, -0.05) is 5.16 Å². The summed E-state index contributed by atoms with van der Waals surface area (Å²) in [5, 5.41) is 3.90. The lowest BCUT2D eigenvalue weighted by Crippen LogP contribution is -2.07. The third kappa shape index (κ3) is 1.67. The smallest absolute Gasteiger partial charge is 0.133 e. The molecule has 0 aromatic carbocycles. The zero-order valence-electron chi connectivity index (χ0n) is 7.97. The van der Waals surface area contributed by atoms with E-state index in [0.717, 1.165) is 17.1 Å². The standard InChI is InChI=1S/C9H12N4O/c1-7-2-8(12-14-7)5-13-6-11-4-9(13)3-10/h2,4,6H,3,5,10H2,1H3. The molecular formula is C9H12N4O. The Labute approximate surface area is 81.5 Å². The Morgan fingerprint density at radius 3 is 3.07 bits per heavy atom. The van der Waals surface area contributed by atoms with Crippen LogP contribution in [0.4, 0.5) is 0 Å². The average molecular weight is 192 g/mol. The van der Waals surface area contributed by atoms with Gasteiger partial charge in [-0.15, -0.1) is 0 Å². The molecule has 0 aliphatic carbocycles. The van der Waals surface area contributed by atoms with Crippen LogP contribution in [0.1, 0.15) is 17.1 Å². The summed E-state index contributed by atoms with van der Waals surface area (Å²) in [6.07, 6.45) is 3.50. The quantitative estimate of drug-likeness (QED) is 0.776. The number of nitrogens with zero attached hydrogens (tertiary/aromatic N) is 3. The van der Waals surface area contributed by atoms with E-state index >= 15 is 0 Å². The van der Waals surface area contributed by atoms with Crippen LogP contribution in [-0.2, 0) is 13.1 Å². The first-order valence-corrected chi connectivity index (χ1v) is 4.41. The Hall–Kier alpha value is -1.62. The zero-order valence-corrected chi connectivity index (χ0v) is 7.97. The van der Waals surface area contributed by atoms with Gasteiger partial charge in [-0.25, -0.2) is 4.98 Å². The lowest BCUT2D eigenvalue weighted by atomic mass is 10.3. The first-order valence-electron chi connectivity index (χ1n) is 4.41. The normalized spacial score (nSPS) is 10.7. The van der Waals surface area contributed by atoms with Gasteiger partial charge in [0.05, 0.1) is 18.6 Å². The largest absolute Gasteiger partial charge is 0.361 e. The molecule has 0 atom stereocenters. The van der Waals surface area contributed by atoms with Gasteiger partial charge in [0, 0.05) is 18.8 Å². The Kier molecular flexibility index (Phi) is 2.32. The first-order chi connectivity index (χ1) is 6.79. The highest BCUT2D eigenvalue weighted by Crippen LogP contribution is 2.06. The molecule has 5 heteroatoms. The topological polar surface area (TPSA) is 69.9 Å². The van der Waals surface area contributed by atoms with Gasteiger partial charge in [-0.05, 0) is 6.92 Å². The van der Waals surface area contributed by atoms with Crippen LogP contribution >= 0.6 is 0 Å². The summed E-state index contributed by atoms with van der Waals surface area (Å²) in [4.78, 5) is 4.02. The number of aryl methyl sites for hydroxylation is 1. The molecule has 0 bridgehead atoms. The summed E-state index contributed by atoms with van der Waals surface area (Å²) >= 11 is 0. The van der Waals surface area contributed by atoms with E-state index in [0.29, 0.717) is 13.1 Å². The van der Waals surface area contributed by atoms with Crippen molar-refractivity contribution in [3.63, 3.8) is 0 Å². The number of nitrogens with two attached hydrogens (primary N) is 1. The van der Waals surface area contributed by atoms with E-state index in [1.807, 2.05) is 17.6 Å². The van der Waals surface area contributed by atoms with Gasteiger partial charge in [0.25, 0.3) is 0 Å². The molecule has 0 aliphatic heterocycles. The molecule has 0 unspecified atom stereocenters. The second-order valence-electron chi connectivity index (χ2n) is 3.15. The van der Waals surface area contributed by atoms with Crippen LogP contribution in [0, 0.1) is 6.92 Å². The van der Waals surface area contributed by atoms with Gasteiger partial charge < -0.3 is 14.8 Å². The van der Waals surface area contributed by atoms with Crippen molar-refractivity contribution in [2.75, 3.05) is 0 Å². The van der Waals surface area contributed by atoms with E-state index in [9.17, 15) is 0 Å². The van der Waals surface area contributed by atoms with E-state index in [1.165, 1.54) is 0 Å². The highest BCUT2D eigenvalue weighted by Gasteiger charge is 2.04. The Morgan fingerprint density at radius 1 is 1.57 bits per heavy atom. The van der Waals surface area contributed by atoms with Crippen molar-refractivity contribution >= 4 is 0 Å². The van der Waals surface area contributed by atoms with Gasteiger partial charge in [-0.3, -0.25) is 0 Å². The molecule has 14 heavy (non-hydrogen) atoms. The van der Waals surface area contributed by atoms with Gasteiger partial charge >= 0.3 is 0 Å². The second kappa shape index (κ2) is 3.63. The van der Waals surface area contributed by atoms with Crippen molar-refractivity contribution in [1.82, 2.24) is 14.7 Å². The predicted molar refractivity (Wildman–Crippen MR) is 50.5 cm³/mol. The number of rotatable bonds is 3. The predicted octanol–water partition coefficient (Wildman–Crippen LogP) is 0.687. The molecule has 0 radical (unpaired) electrons. The van der Waals surface area contributed by atoms with E-state index in [1.54, 1.807) is 12.5 Å². The Bertz CT molecular complexity index is 418. The van der Waals surface area contributed by atoms with Gasteiger partial charge in [-0.2, -0.15) is 0 Å². The maximum Gasteiger partial charge on any atom is 0.133 e. The van der Waals surface area contributed by atoms with Crippen molar-refractivity contribution in [1.29, 1.82) is 0 Å². The fourth-order valence-corrected chi connectivity index (χ4v) is 1.33. The third-order valence-corrected chi connectivity index (χ3v) is 2.02. The molecule has 2 heterocycles. The summed E-state index contributed by atoms with van der Waals surface area (Å²) < 4.78 is 6.93. The van der Waals surface area contributed by atoms with Crippen molar-refractivity contribution in [2.45, 2.75) is 20.0 Å². The van der Waals surface area contributed by atoms with Crippen LogP contribution in [0.3, 0.4) is 0 Å². The minimum Gasteiger partial charge on any atom is -0.361 e. The number of imidazole rings is 1. The minimum atomic E-state index is 0.483. The molecule has 74 valence electrons. The second-order valence-corrected chi connectivity index (χ2v) is 3.15. The van der Waals surface area contributed by atoms with Crippen LogP contribution in [-0.4, -0.2) is 14.7 Å². The fourth-order valence-electron chi connectivity index (χ4n) is 1.33.